The Balaban J connectivity index is 2.51. The highest BCUT2D eigenvalue weighted by atomic mass is 16.7. The standard InChI is InChI=1S/C10H18O2/c1-5-8-6-9(10(2,3)4)12-7-11-8/h5,8-9H,1,6-7H2,2-4H3. The van der Waals surface area contributed by atoms with E-state index in [1.54, 1.807) is 0 Å². The van der Waals surface area contributed by atoms with Gasteiger partial charge in [0.05, 0.1) is 12.2 Å². The Morgan fingerprint density at radius 2 is 2.00 bits per heavy atom. The van der Waals surface area contributed by atoms with Gasteiger partial charge in [-0.2, -0.15) is 0 Å². The van der Waals surface area contributed by atoms with Gasteiger partial charge >= 0.3 is 0 Å². The van der Waals surface area contributed by atoms with Crippen LogP contribution in [0.2, 0.25) is 0 Å². The molecule has 1 aliphatic rings. The molecule has 0 amide bonds. The van der Waals surface area contributed by atoms with Crippen LogP contribution in [0.3, 0.4) is 0 Å². The van der Waals surface area contributed by atoms with Crippen LogP contribution < -0.4 is 0 Å². The summed E-state index contributed by atoms with van der Waals surface area (Å²) in [6.07, 6.45) is 3.23. The van der Waals surface area contributed by atoms with E-state index in [0.29, 0.717) is 6.79 Å². The highest BCUT2D eigenvalue weighted by Gasteiger charge is 2.30. The van der Waals surface area contributed by atoms with E-state index in [-0.39, 0.29) is 17.6 Å². The van der Waals surface area contributed by atoms with Gasteiger partial charge < -0.3 is 9.47 Å². The second-order valence-electron chi connectivity index (χ2n) is 4.32. The molecule has 0 bridgehead atoms. The number of rotatable bonds is 1. The van der Waals surface area contributed by atoms with Crippen LogP contribution in [0.15, 0.2) is 12.7 Å². The molecule has 0 radical (unpaired) electrons. The van der Waals surface area contributed by atoms with Crippen molar-refractivity contribution in [2.24, 2.45) is 5.41 Å². The van der Waals surface area contributed by atoms with Crippen LogP contribution >= 0.6 is 0 Å². The van der Waals surface area contributed by atoms with Crippen LogP contribution in [0.5, 0.6) is 0 Å². The Morgan fingerprint density at radius 3 is 2.50 bits per heavy atom. The van der Waals surface area contributed by atoms with Crippen molar-refractivity contribution < 1.29 is 9.47 Å². The van der Waals surface area contributed by atoms with Crippen molar-refractivity contribution in [2.45, 2.75) is 39.4 Å². The fraction of sp³-hybridized carbons (Fsp3) is 0.800. The Labute approximate surface area is 74.6 Å². The van der Waals surface area contributed by atoms with E-state index >= 15 is 0 Å². The van der Waals surface area contributed by atoms with Crippen LogP contribution in [0.25, 0.3) is 0 Å². The third kappa shape index (κ3) is 2.32. The van der Waals surface area contributed by atoms with Crippen molar-refractivity contribution >= 4 is 0 Å². The van der Waals surface area contributed by atoms with E-state index in [4.69, 9.17) is 9.47 Å². The second-order valence-corrected chi connectivity index (χ2v) is 4.32. The molecule has 0 N–H and O–H groups in total. The van der Waals surface area contributed by atoms with Gasteiger partial charge in [0.15, 0.2) is 0 Å². The quantitative estimate of drug-likeness (QED) is 0.562. The Kier molecular flexibility index (Phi) is 2.91. The van der Waals surface area contributed by atoms with E-state index < -0.39 is 0 Å². The molecule has 2 atom stereocenters. The lowest BCUT2D eigenvalue weighted by Gasteiger charge is -2.36. The summed E-state index contributed by atoms with van der Waals surface area (Å²) in [5.41, 5.74) is 0.199. The zero-order valence-corrected chi connectivity index (χ0v) is 8.17. The van der Waals surface area contributed by atoms with Crippen LogP contribution in [-0.2, 0) is 9.47 Å². The summed E-state index contributed by atoms with van der Waals surface area (Å²) in [5.74, 6) is 0. The highest BCUT2D eigenvalue weighted by molar-refractivity contribution is 4.88. The first-order valence-electron chi connectivity index (χ1n) is 4.40. The average molecular weight is 170 g/mol. The predicted octanol–water partition coefficient (Wildman–Crippen LogP) is 2.35. The molecular formula is C10H18O2. The normalized spacial score (nSPS) is 31.6. The summed E-state index contributed by atoms with van der Waals surface area (Å²) in [4.78, 5) is 0. The topological polar surface area (TPSA) is 18.5 Å². The first kappa shape index (κ1) is 9.75. The summed E-state index contributed by atoms with van der Waals surface area (Å²) in [6, 6.07) is 0. The molecule has 1 heterocycles. The van der Waals surface area contributed by atoms with Crippen molar-refractivity contribution in [3.63, 3.8) is 0 Å². The SMILES string of the molecule is C=CC1CC(C(C)(C)C)OCO1. The van der Waals surface area contributed by atoms with Crippen LogP contribution in [0.1, 0.15) is 27.2 Å². The van der Waals surface area contributed by atoms with E-state index in [0.717, 1.165) is 6.42 Å². The Hall–Kier alpha value is -0.340. The van der Waals surface area contributed by atoms with E-state index in [1.807, 2.05) is 6.08 Å². The minimum Gasteiger partial charge on any atom is -0.352 e. The minimum atomic E-state index is 0.169. The fourth-order valence-corrected chi connectivity index (χ4v) is 1.32. The number of hydrogen-bond donors (Lipinski definition) is 0. The molecule has 2 unspecified atom stereocenters. The lowest BCUT2D eigenvalue weighted by molar-refractivity contribution is -0.188. The van der Waals surface area contributed by atoms with Crippen molar-refractivity contribution in [1.29, 1.82) is 0 Å². The minimum absolute atomic E-state index is 0.169. The third-order valence-electron chi connectivity index (χ3n) is 2.23. The van der Waals surface area contributed by atoms with Crippen molar-refractivity contribution in [2.75, 3.05) is 6.79 Å². The highest BCUT2D eigenvalue weighted by Crippen LogP contribution is 2.29. The molecule has 0 aliphatic carbocycles. The molecule has 0 saturated carbocycles. The summed E-state index contributed by atoms with van der Waals surface area (Å²) in [7, 11) is 0. The molecule has 0 aromatic carbocycles. The van der Waals surface area contributed by atoms with Crippen LogP contribution in [-0.4, -0.2) is 19.0 Å². The molecule has 12 heavy (non-hydrogen) atoms. The largest absolute Gasteiger partial charge is 0.352 e. The van der Waals surface area contributed by atoms with Gasteiger partial charge in [-0.1, -0.05) is 26.8 Å². The Bertz CT molecular complexity index is 158. The molecule has 1 aliphatic heterocycles. The van der Waals surface area contributed by atoms with Crippen molar-refractivity contribution in [3.8, 4) is 0 Å². The zero-order valence-electron chi connectivity index (χ0n) is 8.17. The maximum absolute atomic E-state index is 5.50. The molecule has 0 spiro atoms. The monoisotopic (exact) mass is 170 g/mol. The molecule has 0 aromatic heterocycles. The van der Waals surface area contributed by atoms with E-state index in [1.165, 1.54) is 0 Å². The lowest BCUT2D eigenvalue weighted by atomic mass is 9.85. The van der Waals surface area contributed by atoms with Gasteiger partial charge in [-0.3, -0.25) is 0 Å². The molecule has 2 nitrogen and oxygen atoms in total. The first-order valence-corrected chi connectivity index (χ1v) is 4.40. The summed E-state index contributed by atoms with van der Waals surface area (Å²) >= 11 is 0. The van der Waals surface area contributed by atoms with Gasteiger partial charge in [0.2, 0.25) is 0 Å². The molecule has 70 valence electrons. The van der Waals surface area contributed by atoms with Crippen LogP contribution in [0, 0.1) is 5.41 Å². The maximum atomic E-state index is 5.50. The van der Waals surface area contributed by atoms with E-state index in [9.17, 15) is 0 Å². The summed E-state index contributed by atoms with van der Waals surface area (Å²) in [5, 5.41) is 0. The van der Waals surface area contributed by atoms with E-state index in [2.05, 4.69) is 27.4 Å². The smallest absolute Gasteiger partial charge is 0.147 e. The maximum Gasteiger partial charge on any atom is 0.147 e. The molecule has 0 aromatic rings. The average Bonchev–Trinajstić information content (AvgIpc) is 2.03. The van der Waals surface area contributed by atoms with Gasteiger partial charge in [-0.15, -0.1) is 6.58 Å². The molecule has 2 heteroatoms. The van der Waals surface area contributed by atoms with Gasteiger partial charge in [-0.05, 0) is 5.41 Å². The number of hydrogen-bond acceptors (Lipinski definition) is 2. The van der Waals surface area contributed by atoms with Crippen molar-refractivity contribution in [1.82, 2.24) is 0 Å². The van der Waals surface area contributed by atoms with Crippen LogP contribution in [0.4, 0.5) is 0 Å². The lowest BCUT2D eigenvalue weighted by Crippen LogP contribution is -2.38. The zero-order chi connectivity index (χ0) is 9.19. The third-order valence-corrected chi connectivity index (χ3v) is 2.23. The van der Waals surface area contributed by atoms with Gasteiger partial charge in [0, 0.05) is 6.42 Å². The fourth-order valence-electron chi connectivity index (χ4n) is 1.32. The molecular weight excluding hydrogens is 152 g/mol. The van der Waals surface area contributed by atoms with Gasteiger partial charge in [-0.25, -0.2) is 0 Å². The van der Waals surface area contributed by atoms with Crippen molar-refractivity contribution in [3.05, 3.63) is 12.7 Å². The summed E-state index contributed by atoms with van der Waals surface area (Å²) < 4.78 is 10.8. The summed E-state index contributed by atoms with van der Waals surface area (Å²) in [6.45, 7) is 10.7. The molecule has 1 rings (SSSR count). The predicted molar refractivity (Wildman–Crippen MR) is 48.9 cm³/mol. The number of ether oxygens (including phenoxy) is 2. The second kappa shape index (κ2) is 3.58. The Morgan fingerprint density at radius 1 is 1.33 bits per heavy atom. The van der Waals surface area contributed by atoms with Gasteiger partial charge in [0.1, 0.15) is 6.79 Å². The molecule has 1 saturated heterocycles. The molecule has 1 fully saturated rings. The first-order chi connectivity index (χ1) is 5.54. The van der Waals surface area contributed by atoms with Gasteiger partial charge in [0.25, 0.3) is 0 Å².